The van der Waals surface area contributed by atoms with E-state index in [1.807, 2.05) is 18.2 Å². The fourth-order valence-corrected chi connectivity index (χ4v) is 1.42. The Morgan fingerprint density at radius 3 is 2.43 bits per heavy atom. The molecule has 1 N–H and O–H groups in total. The topological polar surface area (TPSA) is 29.5 Å². The third-order valence-corrected chi connectivity index (χ3v) is 2.37. The summed E-state index contributed by atoms with van der Waals surface area (Å²) in [5, 5.41) is 9.82. The van der Waals surface area contributed by atoms with Gasteiger partial charge in [-0.05, 0) is 37.5 Å². The molecule has 0 aliphatic heterocycles. The van der Waals surface area contributed by atoms with Crippen molar-refractivity contribution in [3.05, 3.63) is 29.3 Å². The predicted molar refractivity (Wildman–Crippen MR) is 57.6 cm³/mol. The van der Waals surface area contributed by atoms with Crippen LogP contribution in [0.3, 0.4) is 0 Å². The van der Waals surface area contributed by atoms with E-state index in [2.05, 4.69) is 6.92 Å². The highest BCUT2D eigenvalue weighted by Gasteiger charge is 2.17. The van der Waals surface area contributed by atoms with Gasteiger partial charge < -0.3 is 9.84 Å². The van der Waals surface area contributed by atoms with Crippen LogP contribution in [0.15, 0.2) is 18.2 Å². The molecule has 0 saturated carbocycles. The van der Waals surface area contributed by atoms with E-state index in [-0.39, 0.29) is 0 Å². The molecule has 0 aliphatic carbocycles. The summed E-state index contributed by atoms with van der Waals surface area (Å²) in [4.78, 5) is 0. The highest BCUT2D eigenvalue weighted by Crippen LogP contribution is 2.27. The van der Waals surface area contributed by atoms with Gasteiger partial charge in [-0.25, -0.2) is 0 Å². The molecule has 1 rings (SSSR count). The Kier molecular flexibility index (Phi) is 3.17. The Bertz CT molecular complexity index is 311. The van der Waals surface area contributed by atoms with Crippen LogP contribution in [-0.4, -0.2) is 12.2 Å². The van der Waals surface area contributed by atoms with E-state index < -0.39 is 5.60 Å². The molecular formula is C12H18O2. The van der Waals surface area contributed by atoms with Crippen LogP contribution in [0.4, 0.5) is 0 Å². The van der Waals surface area contributed by atoms with Gasteiger partial charge in [0.25, 0.3) is 0 Å². The van der Waals surface area contributed by atoms with Crippen molar-refractivity contribution in [1.29, 1.82) is 0 Å². The molecule has 2 heteroatoms. The summed E-state index contributed by atoms with van der Waals surface area (Å²) in [5.41, 5.74) is 1.24. The quantitative estimate of drug-likeness (QED) is 0.801. The smallest absolute Gasteiger partial charge is 0.122 e. The van der Waals surface area contributed by atoms with Gasteiger partial charge in [0.2, 0.25) is 0 Å². The first-order valence-electron chi connectivity index (χ1n) is 4.88. The van der Waals surface area contributed by atoms with Crippen LogP contribution >= 0.6 is 0 Å². The van der Waals surface area contributed by atoms with Crippen molar-refractivity contribution >= 4 is 0 Å². The predicted octanol–water partition coefficient (Wildman–Crippen LogP) is 2.49. The average molecular weight is 194 g/mol. The molecule has 14 heavy (non-hydrogen) atoms. The third-order valence-electron chi connectivity index (χ3n) is 2.37. The van der Waals surface area contributed by atoms with Crippen LogP contribution in [0.5, 0.6) is 5.75 Å². The minimum absolute atomic E-state index is 0.806. The number of benzene rings is 1. The van der Waals surface area contributed by atoms with Gasteiger partial charge in [-0.2, -0.15) is 0 Å². The van der Waals surface area contributed by atoms with Gasteiger partial charge in [0.1, 0.15) is 5.75 Å². The Hall–Kier alpha value is -1.02. The van der Waals surface area contributed by atoms with Gasteiger partial charge in [0.05, 0.1) is 12.7 Å². The van der Waals surface area contributed by atoms with E-state index in [1.165, 1.54) is 5.56 Å². The molecule has 0 saturated heterocycles. The van der Waals surface area contributed by atoms with Crippen molar-refractivity contribution < 1.29 is 9.84 Å². The lowest BCUT2D eigenvalue weighted by atomic mass is 9.96. The molecule has 0 aromatic heterocycles. The second-order valence-electron chi connectivity index (χ2n) is 3.94. The molecule has 0 fully saturated rings. The number of rotatable bonds is 3. The lowest BCUT2D eigenvalue weighted by Gasteiger charge is -2.19. The minimum atomic E-state index is -0.806. The van der Waals surface area contributed by atoms with Crippen LogP contribution in [0, 0.1) is 0 Å². The molecular weight excluding hydrogens is 176 g/mol. The molecule has 0 bridgehead atoms. The highest BCUT2D eigenvalue weighted by atomic mass is 16.5. The van der Waals surface area contributed by atoms with E-state index >= 15 is 0 Å². The second-order valence-corrected chi connectivity index (χ2v) is 3.94. The van der Waals surface area contributed by atoms with Crippen LogP contribution in [0.25, 0.3) is 0 Å². The molecule has 1 aromatic rings. The van der Waals surface area contributed by atoms with E-state index in [1.54, 1.807) is 21.0 Å². The Balaban J connectivity index is 3.14. The fraction of sp³-hybridized carbons (Fsp3) is 0.500. The van der Waals surface area contributed by atoms with Crippen LogP contribution < -0.4 is 4.74 Å². The first-order chi connectivity index (χ1) is 6.49. The zero-order valence-corrected chi connectivity index (χ0v) is 9.29. The largest absolute Gasteiger partial charge is 0.496 e. The first-order valence-corrected chi connectivity index (χ1v) is 4.88. The van der Waals surface area contributed by atoms with Crippen LogP contribution in [-0.2, 0) is 12.0 Å². The van der Waals surface area contributed by atoms with Gasteiger partial charge in [-0.15, -0.1) is 0 Å². The number of aryl methyl sites for hydroxylation is 1. The minimum Gasteiger partial charge on any atom is -0.496 e. The maximum absolute atomic E-state index is 9.82. The van der Waals surface area contributed by atoms with E-state index in [4.69, 9.17) is 4.74 Å². The number of ether oxygens (including phenoxy) is 1. The monoisotopic (exact) mass is 194 g/mol. The van der Waals surface area contributed by atoms with Gasteiger partial charge in [-0.3, -0.25) is 0 Å². The summed E-state index contributed by atoms with van der Waals surface area (Å²) >= 11 is 0. The molecule has 2 nitrogen and oxygen atoms in total. The van der Waals surface area contributed by atoms with Crippen molar-refractivity contribution in [2.45, 2.75) is 32.8 Å². The molecule has 1 aromatic carbocycles. The van der Waals surface area contributed by atoms with E-state index in [9.17, 15) is 5.11 Å². The molecule has 0 amide bonds. The zero-order valence-electron chi connectivity index (χ0n) is 9.29. The molecule has 0 unspecified atom stereocenters. The number of hydrogen-bond donors (Lipinski definition) is 1. The van der Waals surface area contributed by atoms with Gasteiger partial charge in [0.15, 0.2) is 0 Å². The zero-order chi connectivity index (χ0) is 10.8. The van der Waals surface area contributed by atoms with Crippen LogP contribution in [0.1, 0.15) is 31.9 Å². The van der Waals surface area contributed by atoms with Crippen LogP contribution in [0.2, 0.25) is 0 Å². The Morgan fingerprint density at radius 2 is 2.00 bits per heavy atom. The van der Waals surface area contributed by atoms with Gasteiger partial charge in [0, 0.05) is 0 Å². The second kappa shape index (κ2) is 4.01. The summed E-state index contributed by atoms with van der Waals surface area (Å²) in [6.45, 7) is 5.63. The van der Waals surface area contributed by atoms with Crippen molar-refractivity contribution in [3.63, 3.8) is 0 Å². The summed E-state index contributed by atoms with van der Waals surface area (Å²) in [5.74, 6) is 0.854. The fourth-order valence-electron chi connectivity index (χ4n) is 1.42. The number of hydrogen-bond acceptors (Lipinski definition) is 2. The highest BCUT2D eigenvalue weighted by molar-refractivity contribution is 5.39. The number of methoxy groups -OCH3 is 1. The SMILES string of the molecule is CCc1ccc(C(C)(C)O)cc1OC. The van der Waals surface area contributed by atoms with Gasteiger partial charge in [-0.1, -0.05) is 19.1 Å². The molecule has 0 radical (unpaired) electrons. The summed E-state index contributed by atoms with van der Waals surface area (Å²) in [6.07, 6.45) is 0.940. The first kappa shape index (κ1) is 11.1. The standard InChI is InChI=1S/C12H18O2/c1-5-9-6-7-10(12(2,3)13)8-11(9)14-4/h6-8,13H,5H2,1-4H3. The number of aliphatic hydroxyl groups is 1. The maximum Gasteiger partial charge on any atom is 0.122 e. The molecule has 0 heterocycles. The van der Waals surface area contributed by atoms with Gasteiger partial charge >= 0.3 is 0 Å². The van der Waals surface area contributed by atoms with Crippen molar-refractivity contribution in [3.8, 4) is 5.75 Å². The summed E-state index contributed by atoms with van der Waals surface area (Å²) in [6, 6.07) is 5.85. The van der Waals surface area contributed by atoms with E-state index in [0.717, 1.165) is 17.7 Å². The molecule has 0 spiro atoms. The molecule has 0 atom stereocenters. The average Bonchev–Trinajstić information content (AvgIpc) is 2.15. The Labute approximate surface area is 85.5 Å². The maximum atomic E-state index is 9.82. The molecule has 0 aliphatic rings. The molecule has 78 valence electrons. The summed E-state index contributed by atoms with van der Waals surface area (Å²) < 4.78 is 5.26. The van der Waals surface area contributed by atoms with Crippen molar-refractivity contribution in [2.75, 3.05) is 7.11 Å². The lowest BCUT2D eigenvalue weighted by molar-refractivity contribution is 0.0783. The van der Waals surface area contributed by atoms with E-state index in [0.29, 0.717) is 0 Å². The summed E-state index contributed by atoms with van der Waals surface area (Å²) in [7, 11) is 1.66. The van der Waals surface area contributed by atoms with Crippen molar-refractivity contribution in [1.82, 2.24) is 0 Å². The third kappa shape index (κ3) is 2.26. The van der Waals surface area contributed by atoms with Crippen molar-refractivity contribution in [2.24, 2.45) is 0 Å². The normalized spacial score (nSPS) is 11.5. The lowest BCUT2D eigenvalue weighted by Crippen LogP contribution is -2.15. The Morgan fingerprint density at radius 1 is 1.36 bits per heavy atom.